The molecule has 0 radical (unpaired) electrons. The molecule has 0 saturated carbocycles. The zero-order valence-electron chi connectivity index (χ0n) is 13.7. The number of H-pyrrole nitrogens is 1. The number of rotatable bonds is 5. The Morgan fingerprint density at radius 2 is 2.22 bits per heavy atom. The Morgan fingerprint density at radius 1 is 1.48 bits per heavy atom. The first kappa shape index (κ1) is 16.8. The molecule has 0 saturated heterocycles. The van der Waals surface area contributed by atoms with Gasteiger partial charge in [-0.25, -0.2) is 14.8 Å². The lowest BCUT2D eigenvalue weighted by Gasteiger charge is -2.27. The number of esters is 1. The van der Waals surface area contributed by atoms with Gasteiger partial charge in [-0.2, -0.15) is 0 Å². The fourth-order valence-electron chi connectivity index (χ4n) is 2.74. The van der Waals surface area contributed by atoms with E-state index in [-0.39, 0.29) is 6.61 Å². The van der Waals surface area contributed by atoms with E-state index in [1.54, 1.807) is 13.3 Å². The van der Waals surface area contributed by atoms with Crippen LogP contribution in [0.1, 0.15) is 44.0 Å². The molecule has 1 aromatic heterocycles. The second kappa shape index (κ2) is 7.13. The van der Waals surface area contributed by atoms with E-state index in [4.69, 9.17) is 16.2 Å². The molecule has 1 atom stereocenters. The summed E-state index contributed by atoms with van der Waals surface area (Å²) in [7, 11) is 0. The van der Waals surface area contributed by atoms with Crippen LogP contribution in [0.5, 0.6) is 0 Å². The number of amidine groups is 1. The van der Waals surface area contributed by atoms with Crippen LogP contribution in [0.25, 0.3) is 0 Å². The lowest BCUT2D eigenvalue weighted by Crippen LogP contribution is -2.30. The molecule has 0 spiro atoms. The van der Waals surface area contributed by atoms with Gasteiger partial charge in [0.1, 0.15) is 5.84 Å². The van der Waals surface area contributed by atoms with E-state index in [1.165, 1.54) is 6.20 Å². The molecular weight excluding hydrogens is 294 g/mol. The Labute approximate surface area is 135 Å². The van der Waals surface area contributed by atoms with Crippen molar-refractivity contribution < 1.29 is 9.53 Å². The van der Waals surface area contributed by atoms with Gasteiger partial charge in [0.05, 0.1) is 35.8 Å². The maximum Gasteiger partial charge on any atom is 0.336 e. The summed E-state index contributed by atoms with van der Waals surface area (Å²) in [5.41, 5.74) is 15.1. The van der Waals surface area contributed by atoms with Crippen LogP contribution in [0.3, 0.4) is 0 Å². The van der Waals surface area contributed by atoms with Crippen LogP contribution in [-0.4, -0.2) is 28.4 Å². The van der Waals surface area contributed by atoms with Crippen molar-refractivity contribution in [1.82, 2.24) is 9.97 Å². The molecule has 2 heterocycles. The maximum absolute atomic E-state index is 12.6. The topological polar surface area (TPSA) is 119 Å². The van der Waals surface area contributed by atoms with E-state index in [0.717, 1.165) is 12.1 Å². The Hall–Kier alpha value is -2.57. The van der Waals surface area contributed by atoms with Gasteiger partial charge in [-0.3, -0.25) is 0 Å². The van der Waals surface area contributed by atoms with Crippen LogP contribution in [0.15, 0.2) is 34.4 Å². The van der Waals surface area contributed by atoms with Gasteiger partial charge < -0.3 is 21.2 Å². The first-order valence-corrected chi connectivity index (χ1v) is 7.71. The Bertz CT molecular complexity index is 684. The summed E-state index contributed by atoms with van der Waals surface area (Å²) >= 11 is 0. The number of aryl methyl sites for hydroxylation is 1. The van der Waals surface area contributed by atoms with Gasteiger partial charge in [-0.15, -0.1) is 0 Å². The molecule has 0 aromatic carbocycles. The van der Waals surface area contributed by atoms with Crippen molar-refractivity contribution in [2.45, 2.75) is 39.5 Å². The number of allylic oxidation sites excluding steroid dienone is 1. The molecule has 1 unspecified atom stereocenters. The predicted molar refractivity (Wildman–Crippen MR) is 88.5 cm³/mol. The van der Waals surface area contributed by atoms with Crippen molar-refractivity contribution in [3.8, 4) is 0 Å². The van der Waals surface area contributed by atoms with Crippen molar-refractivity contribution >= 4 is 11.8 Å². The summed E-state index contributed by atoms with van der Waals surface area (Å²) < 4.78 is 5.24. The first-order valence-electron chi connectivity index (χ1n) is 7.71. The monoisotopic (exact) mass is 317 g/mol. The zero-order valence-corrected chi connectivity index (χ0v) is 13.7. The largest absolute Gasteiger partial charge is 0.463 e. The van der Waals surface area contributed by atoms with Gasteiger partial charge in [-0.1, -0.05) is 13.3 Å². The third-order valence-electron chi connectivity index (χ3n) is 3.77. The van der Waals surface area contributed by atoms with Crippen LogP contribution in [0.2, 0.25) is 0 Å². The van der Waals surface area contributed by atoms with E-state index in [0.29, 0.717) is 34.8 Å². The predicted octanol–water partition coefficient (Wildman–Crippen LogP) is 1.63. The van der Waals surface area contributed by atoms with Crippen molar-refractivity contribution in [2.24, 2.45) is 16.5 Å². The van der Waals surface area contributed by atoms with Crippen molar-refractivity contribution in [1.29, 1.82) is 0 Å². The second-order valence-corrected chi connectivity index (χ2v) is 5.30. The fourth-order valence-corrected chi connectivity index (χ4v) is 2.74. The molecule has 1 aromatic rings. The average molecular weight is 317 g/mol. The standard InChI is InChI=1S/C16H23N5O2/c1-4-6-11-13(16(22)23-5-2)12(10(7-17)15(18)21-11)14-9(3)19-8-20-14/h7-8,12H,4-6,17H2,1-3H3,(H2,18,21)(H,19,20)/b10-7-. The minimum atomic E-state index is -0.468. The number of nitrogens with zero attached hydrogens (tertiary/aromatic N) is 2. The Kier molecular flexibility index (Phi) is 5.20. The number of nitrogens with two attached hydrogens (primary N) is 2. The number of hydrogen-bond donors (Lipinski definition) is 3. The van der Waals surface area contributed by atoms with E-state index in [2.05, 4.69) is 15.0 Å². The molecule has 0 bridgehead atoms. The van der Waals surface area contributed by atoms with Gasteiger partial charge in [0.25, 0.3) is 0 Å². The third kappa shape index (κ3) is 3.13. The lowest BCUT2D eigenvalue weighted by atomic mass is 9.83. The first-order chi connectivity index (χ1) is 11.0. The molecule has 5 N–H and O–H groups in total. The summed E-state index contributed by atoms with van der Waals surface area (Å²) in [4.78, 5) is 24.3. The van der Waals surface area contributed by atoms with Gasteiger partial charge >= 0.3 is 5.97 Å². The van der Waals surface area contributed by atoms with Crippen molar-refractivity contribution in [2.75, 3.05) is 6.61 Å². The fraction of sp³-hybridized carbons (Fsp3) is 0.438. The third-order valence-corrected chi connectivity index (χ3v) is 3.77. The molecule has 1 aliphatic rings. The minimum absolute atomic E-state index is 0.287. The van der Waals surface area contributed by atoms with Crippen LogP contribution >= 0.6 is 0 Å². The van der Waals surface area contributed by atoms with Gasteiger partial charge in [0.2, 0.25) is 0 Å². The minimum Gasteiger partial charge on any atom is -0.463 e. The highest BCUT2D eigenvalue weighted by Gasteiger charge is 2.37. The second-order valence-electron chi connectivity index (χ2n) is 5.30. The normalized spacial score (nSPS) is 19.9. The van der Waals surface area contributed by atoms with Crippen LogP contribution in [-0.2, 0) is 9.53 Å². The molecule has 2 rings (SSSR count). The summed E-state index contributed by atoms with van der Waals surface area (Å²) in [5, 5.41) is 0. The molecule has 0 amide bonds. The quantitative estimate of drug-likeness (QED) is 0.713. The van der Waals surface area contributed by atoms with E-state index in [1.807, 2.05) is 13.8 Å². The maximum atomic E-state index is 12.6. The highest BCUT2D eigenvalue weighted by molar-refractivity contribution is 6.05. The number of aliphatic imine (C=N–C) groups is 1. The number of aromatic amines is 1. The highest BCUT2D eigenvalue weighted by atomic mass is 16.5. The molecule has 0 aliphatic carbocycles. The number of imidazole rings is 1. The molecule has 7 nitrogen and oxygen atoms in total. The molecule has 1 aliphatic heterocycles. The molecule has 7 heteroatoms. The summed E-state index contributed by atoms with van der Waals surface area (Å²) in [6.45, 7) is 5.97. The van der Waals surface area contributed by atoms with Crippen LogP contribution < -0.4 is 11.5 Å². The molecule has 23 heavy (non-hydrogen) atoms. The van der Waals surface area contributed by atoms with Gasteiger partial charge in [-0.05, 0) is 20.3 Å². The van der Waals surface area contributed by atoms with Crippen LogP contribution in [0, 0.1) is 6.92 Å². The lowest BCUT2D eigenvalue weighted by molar-refractivity contribution is -0.138. The number of ether oxygens (including phenoxy) is 1. The summed E-state index contributed by atoms with van der Waals surface area (Å²) in [5.74, 6) is -0.556. The van der Waals surface area contributed by atoms with Gasteiger partial charge in [0, 0.05) is 17.5 Å². The molecule has 0 fully saturated rings. The Balaban J connectivity index is 2.67. The Morgan fingerprint density at radius 3 is 2.74 bits per heavy atom. The highest BCUT2D eigenvalue weighted by Crippen LogP contribution is 2.39. The SMILES string of the molecule is CCCC1=C(C(=O)OCC)C(c2nc[nH]c2C)/C(=C/N)C(N)=N1. The van der Waals surface area contributed by atoms with E-state index >= 15 is 0 Å². The van der Waals surface area contributed by atoms with Crippen molar-refractivity contribution in [3.63, 3.8) is 0 Å². The number of carbonyl (C=O) groups is 1. The molecular formula is C16H23N5O2. The van der Waals surface area contributed by atoms with Crippen LogP contribution in [0.4, 0.5) is 0 Å². The summed E-state index contributed by atoms with van der Waals surface area (Å²) in [6.07, 6.45) is 4.44. The smallest absolute Gasteiger partial charge is 0.336 e. The zero-order chi connectivity index (χ0) is 17.0. The number of nitrogens with one attached hydrogen (secondary N) is 1. The molecule has 124 valence electrons. The van der Waals surface area contributed by atoms with E-state index < -0.39 is 11.9 Å². The van der Waals surface area contributed by atoms with Crippen molar-refractivity contribution in [3.05, 3.63) is 40.8 Å². The number of carbonyl (C=O) groups excluding carboxylic acids is 1. The van der Waals surface area contributed by atoms with Gasteiger partial charge in [0.15, 0.2) is 0 Å². The average Bonchev–Trinajstić information content (AvgIpc) is 2.93. The summed E-state index contributed by atoms with van der Waals surface area (Å²) in [6, 6.07) is 0. The number of aromatic nitrogens is 2. The van der Waals surface area contributed by atoms with E-state index in [9.17, 15) is 4.79 Å². The number of hydrogen-bond acceptors (Lipinski definition) is 6.